The normalized spacial score (nSPS) is 28.9. The number of hydrogen-bond acceptors (Lipinski definition) is 1. The minimum absolute atomic E-state index is 0.0658. The fraction of sp³-hybridized carbons (Fsp3) is 0.500. The van der Waals surface area contributed by atoms with Crippen LogP contribution in [0.5, 0.6) is 0 Å². The highest BCUT2D eigenvalue weighted by molar-refractivity contribution is 5.27. The van der Waals surface area contributed by atoms with Gasteiger partial charge in [0, 0.05) is 17.5 Å². The van der Waals surface area contributed by atoms with Crippen molar-refractivity contribution in [2.45, 2.75) is 25.8 Å². The molecule has 1 nitrogen and oxygen atoms in total. The number of nitrogens with two attached hydrogens (primary N) is 1. The Labute approximate surface area is 88.3 Å². The molecule has 2 rings (SSSR count). The summed E-state index contributed by atoms with van der Waals surface area (Å²) >= 11 is 0. The Kier molecular flexibility index (Phi) is 2.12. The number of benzene rings is 1. The Bertz CT molecular complexity index is 359. The van der Waals surface area contributed by atoms with Gasteiger partial charge >= 0.3 is 0 Å². The summed E-state index contributed by atoms with van der Waals surface area (Å²) in [6, 6.07) is 7.50. The molecule has 1 saturated carbocycles. The molecule has 0 heterocycles. The number of hydrogen-bond donors (Lipinski definition) is 1. The summed E-state index contributed by atoms with van der Waals surface area (Å²) in [5.74, 6) is -3.56. The molecule has 0 radical (unpaired) electrons. The molecular weight excluding hydrogens is 196 g/mol. The lowest BCUT2D eigenvalue weighted by Crippen LogP contribution is -2.21. The summed E-state index contributed by atoms with van der Waals surface area (Å²) in [6.45, 7) is 3.58. The van der Waals surface area contributed by atoms with Crippen LogP contribution in [0, 0.1) is 11.3 Å². The smallest absolute Gasteiger partial charge is 0.278 e. The highest BCUT2D eigenvalue weighted by Crippen LogP contribution is 2.61. The third-order valence-corrected chi connectivity index (χ3v) is 3.46. The average Bonchev–Trinajstić information content (AvgIpc) is 2.68. The van der Waals surface area contributed by atoms with Crippen LogP contribution in [0.2, 0.25) is 0 Å². The molecule has 3 heteroatoms. The third-order valence-electron chi connectivity index (χ3n) is 3.46. The molecule has 1 aromatic rings. The summed E-state index contributed by atoms with van der Waals surface area (Å²) in [5, 5.41) is 0. The lowest BCUT2D eigenvalue weighted by molar-refractivity contribution is -0.0405. The second-order valence-electron chi connectivity index (χ2n) is 4.81. The van der Waals surface area contributed by atoms with Crippen molar-refractivity contribution < 1.29 is 8.78 Å². The predicted octanol–water partition coefficient (Wildman–Crippen LogP) is 2.76. The molecule has 1 aliphatic carbocycles. The molecule has 15 heavy (non-hydrogen) atoms. The summed E-state index contributed by atoms with van der Waals surface area (Å²) < 4.78 is 28.0. The molecular formula is C12H15F2N. The Morgan fingerprint density at radius 3 is 2.07 bits per heavy atom. The van der Waals surface area contributed by atoms with Crippen LogP contribution < -0.4 is 5.73 Å². The molecule has 0 bridgehead atoms. The monoisotopic (exact) mass is 211 g/mol. The van der Waals surface area contributed by atoms with Crippen molar-refractivity contribution in [3.63, 3.8) is 0 Å². The van der Waals surface area contributed by atoms with Crippen molar-refractivity contribution in [2.75, 3.05) is 0 Å². The van der Waals surface area contributed by atoms with E-state index in [0.29, 0.717) is 0 Å². The van der Waals surface area contributed by atoms with Gasteiger partial charge in [-0.1, -0.05) is 44.2 Å². The molecule has 0 amide bonds. The minimum Gasteiger partial charge on any atom is -0.327 e. The number of alkyl halides is 2. The molecule has 0 saturated heterocycles. The molecule has 1 fully saturated rings. The maximum atomic E-state index is 14.0. The Morgan fingerprint density at radius 1 is 1.20 bits per heavy atom. The fourth-order valence-corrected chi connectivity index (χ4v) is 2.21. The molecule has 0 aliphatic heterocycles. The van der Waals surface area contributed by atoms with Gasteiger partial charge in [-0.2, -0.15) is 0 Å². The second-order valence-corrected chi connectivity index (χ2v) is 4.81. The quantitative estimate of drug-likeness (QED) is 0.799. The van der Waals surface area contributed by atoms with Gasteiger partial charge in [-0.15, -0.1) is 0 Å². The van der Waals surface area contributed by atoms with Gasteiger partial charge in [-0.3, -0.25) is 0 Å². The molecule has 1 aromatic carbocycles. The van der Waals surface area contributed by atoms with Crippen molar-refractivity contribution >= 4 is 0 Å². The Balaban J connectivity index is 2.30. The van der Waals surface area contributed by atoms with Crippen LogP contribution in [0.1, 0.15) is 19.4 Å². The van der Waals surface area contributed by atoms with Crippen LogP contribution >= 0.6 is 0 Å². The lowest BCUT2D eigenvalue weighted by Gasteiger charge is -2.18. The van der Waals surface area contributed by atoms with E-state index in [9.17, 15) is 8.78 Å². The molecule has 82 valence electrons. The van der Waals surface area contributed by atoms with Crippen LogP contribution in [0.4, 0.5) is 8.78 Å². The van der Waals surface area contributed by atoms with Crippen LogP contribution in [0.25, 0.3) is 0 Å². The average molecular weight is 211 g/mol. The van der Waals surface area contributed by atoms with Crippen LogP contribution in [-0.4, -0.2) is 6.04 Å². The maximum Gasteiger partial charge on any atom is 0.278 e. The van der Waals surface area contributed by atoms with Crippen LogP contribution in [0.3, 0.4) is 0 Å². The zero-order valence-corrected chi connectivity index (χ0v) is 8.87. The molecule has 0 unspecified atom stereocenters. The van der Waals surface area contributed by atoms with Crippen LogP contribution in [0.15, 0.2) is 30.3 Å². The van der Waals surface area contributed by atoms with E-state index in [1.165, 1.54) is 12.1 Å². The first-order chi connectivity index (χ1) is 6.88. The first-order valence-electron chi connectivity index (χ1n) is 5.07. The van der Waals surface area contributed by atoms with Gasteiger partial charge in [0.05, 0.1) is 0 Å². The highest BCUT2D eigenvalue weighted by Gasteiger charge is 2.67. The van der Waals surface area contributed by atoms with Gasteiger partial charge in [0.2, 0.25) is 0 Å². The van der Waals surface area contributed by atoms with E-state index in [1.807, 2.05) is 0 Å². The zero-order chi connectivity index (χ0) is 11.3. The predicted molar refractivity (Wildman–Crippen MR) is 55.6 cm³/mol. The van der Waals surface area contributed by atoms with Gasteiger partial charge in [0.1, 0.15) is 0 Å². The van der Waals surface area contributed by atoms with Crippen molar-refractivity contribution in [1.82, 2.24) is 0 Å². The SMILES string of the molecule is CC1(C)[C@H](N)[C@H]1C(F)(F)c1ccccc1. The van der Waals surface area contributed by atoms with Gasteiger partial charge < -0.3 is 5.73 Å². The second kappa shape index (κ2) is 3.01. The molecule has 2 atom stereocenters. The summed E-state index contributed by atoms with van der Waals surface area (Å²) in [7, 11) is 0. The van der Waals surface area contributed by atoms with Crippen molar-refractivity contribution in [1.29, 1.82) is 0 Å². The highest BCUT2D eigenvalue weighted by atomic mass is 19.3. The molecule has 0 aromatic heterocycles. The van der Waals surface area contributed by atoms with E-state index >= 15 is 0 Å². The van der Waals surface area contributed by atoms with Gasteiger partial charge in [0.25, 0.3) is 5.92 Å². The molecule has 2 N–H and O–H groups in total. The number of halogens is 2. The van der Waals surface area contributed by atoms with E-state index in [0.717, 1.165) is 0 Å². The van der Waals surface area contributed by atoms with E-state index in [1.54, 1.807) is 32.0 Å². The van der Waals surface area contributed by atoms with Gasteiger partial charge in [-0.25, -0.2) is 8.78 Å². The Hall–Kier alpha value is -0.960. The maximum absolute atomic E-state index is 14.0. The third kappa shape index (κ3) is 1.46. The Morgan fingerprint density at radius 2 is 1.67 bits per heavy atom. The topological polar surface area (TPSA) is 26.0 Å². The van der Waals surface area contributed by atoms with E-state index < -0.39 is 23.3 Å². The fourth-order valence-electron chi connectivity index (χ4n) is 2.21. The largest absolute Gasteiger partial charge is 0.327 e. The molecule has 0 spiro atoms. The standard InChI is InChI=1S/C12H15F2N/c1-11(2)9(10(11)15)12(13,14)8-6-4-3-5-7-8/h3-7,9-10H,15H2,1-2H3/t9-,10-/m1/s1. The van der Waals surface area contributed by atoms with Crippen LogP contribution in [-0.2, 0) is 5.92 Å². The van der Waals surface area contributed by atoms with E-state index in [-0.39, 0.29) is 5.56 Å². The van der Waals surface area contributed by atoms with Gasteiger partial charge in [-0.05, 0) is 5.41 Å². The number of rotatable bonds is 2. The van der Waals surface area contributed by atoms with E-state index in [4.69, 9.17) is 5.73 Å². The van der Waals surface area contributed by atoms with E-state index in [2.05, 4.69) is 0 Å². The molecule has 1 aliphatic rings. The summed E-state index contributed by atoms with van der Waals surface area (Å²) in [5.41, 5.74) is 5.29. The van der Waals surface area contributed by atoms with Gasteiger partial charge in [0.15, 0.2) is 0 Å². The summed E-state index contributed by atoms with van der Waals surface area (Å²) in [6.07, 6.45) is 0. The minimum atomic E-state index is -2.82. The first-order valence-corrected chi connectivity index (χ1v) is 5.07. The van der Waals surface area contributed by atoms with Crippen molar-refractivity contribution in [3.8, 4) is 0 Å². The lowest BCUT2D eigenvalue weighted by atomic mass is 9.99. The first kappa shape index (κ1) is 10.6. The zero-order valence-electron chi connectivity index (χ0n) is 8.87. The van der Waals surface area contributed by atoms with Crippen molar-refractivity contribution in [2.24, 2.45) is 17.1 Å². The van der Waals surface area contributed by atoms with Crippen molar-refractivity contribution in [3.05, 3.63) is 35.9 Å². The summed E-state index contributed by atoms with van der Waals surface area (Å²) in [4.78, 5) is 0.